The Labute approximate surface area is 129 Å². The van der Waals surface area contributed by atoms with Gasteiger partial charge in [-0.05, 0) is 48.8 Å². The summed E-state index contributed by atoms with van der Waals surface area (Å²) >= 11 is 1.59. The molecule has 2 unspecified atom stereocenters. The molecule has 0 saturated heterocycles. The predicted octanol–water partition coefficient (Wildman–Crippen LogP) is 2.11. The van der Waals surface area contributed by atoms with Gasteiger partial charge in [0.1, 0.15) is 6.04 Å². The second kappa shape index (κ2) is 7.50. The molecule has 0 fully saturated rings. The normalized spacial score (nSPS) is 18.6. The van der Waals surface area contributed by atoms with Crippen molar-refractivity contribution in [2.75, 3.05) is 12.0 Å². The second-order valence-corrected chi connectivity index (χ2v) is 6.37. The van der Waals surface area contributed by atoms with E-state index in [1.165, 1.54) is 11.1 Å². The number of carbonyl (C=O) groups is 2. The molecule has 1 aromatic carbocycles. The third kappa shape index (κ3) is 4.24. The number of carboxylic acids is 1. The van der Waals surface area contributed by atoms with E-state index in [-0.39, 0.29) is 11.8 Å². The molecule has 0 radical (unpaired) electrons. The third-order valence-electron chi connectivity index (χ3n) is 3.94. The Hall–Kier alpha value is -1.49. The summed E-state index contributed by atoms with van der Waals surface area (Å²) < 4.78 is 0. The Balaban J connectivity index is 1.96. The van der Waals surface area contributed by atoms with Crippen molar-refractivity contribution in [3.8, 4) is 0 Å². The first-order valence-electron chi connectivity index (χ1n) is 7.20. The minimum atomic E-state index is -0.950. The van der Waals surface area contributed by atoms with Gasteiger partial charge in [-0.3, -0.25) is 4.79 Å². The van der Waals surface area contributed by atoms with Crippen molar-refractivity contribution in [1.82, 2.24) is 5.32 Å². The molecule has 2 N–H and O–H groups in total. The number of hydrogen-bond acceptors (Lipinski definition) is 3. The Morgan fingerprint density at radius 1 is 1.38 bits per heavy atom. The van der Waals surface area contributed by atoms with Crippen LogP contribution >= 0.6 is 11.8 Å². The van der Waals surface area contributed by atoms with E-state index >= 15 is 0 Å². The van der Waals surface area contributed by atoms with Gasteiger partial charge in [0.15, 0.2) is 0 Å². The molecule has 21 heavy (non-hydrogen) atoms. The summed E-state index contributed by atoms with van der Waals surface area (Å²) in [6.45, 7) is 0. The van der Waals surface area contributed by atoms with E-state index in [9.17, 15) is 14.7 Å². The van der Waals surface area contributed by atoms with Gasteiger partial charge in [-0.15, -0.1) is 0 Å². The molecule has 0 saturated carbocycles. The Morgan fingerprint density at radius 3 is 2.76 bits per heavy atom. The highest BCUT2D eigenvalue weighted by molar-refractivity contribution is 7.98. The van der Waals surface area contributed by atoms with Crippen LogP contribution in [-0.2, 0) is 22.4 Å². The lowest BCUT2D eigenvalue weighted by atomic mass is 9.83. The zero-order valence-corrected chi connectivity index (χ0v) is 13.0. The molecule has 0 heterocycles. The molecule has 4 nitrogen and oxygen atoms in total. The van der Waals surface area contributed by atoms with Gasteiger partial charge in [-0.25, -0.2) is 4.79 Å². The summed E-state index contributed by atoms with van der Waals surface area (Å²) in [5.74, 6) is -0.465. The molecule has 5 heteroatoms. The first kappa shape index (κ1) is 15.9. The number of benzene rings is 1. The SMILES string of the molecule is CSCCC(NC(=O)C1CCc2ccccc2C1)C(=O)O. The van der Waals surface area contributed by atoms with Gasteiger partial charge in [0.25, 0.3) is 0 Å². The summed E-state index contributed by atoms with van der Waals surface area (Å²) in [6, 6.07) is 7.38. The van der Waals surface area contributed by atoms with Crippen molar-refractivity contribution in [3.05, 3.63) is 35.4 Å². The molecular weight excluding hydrogens is 286 g/mol. The van der Waals surface area contributed by atoms with E-state index in [4.69, 9.17) is 0 Å². The number of amides is 1. The highest BCUT2D eigenvalue weighted by atomic mass is 32.2. The van der Waals surface area contributed by atoms with E-state index in [2.05, 4.69) is 17.4 Å². The first-order chi connectivity index (χ1) is 10.1. The zero-order valence-electron chi connectivity index (χ0n) is 12.2. The van der Waals surface area contributed by atoms with Crippen LogP contribution in [-0.4, -0.2) is 35.0 Å². The lowest BCUT2D eigenvalue weighted by Crippen LogP contribution is -2.45. The van der Waals surface area contributed by atoms with Crippen molar-refractivity contribution in [3.63, 3.8) is 0 Å². The molecule has 0 bridgehead atoms. The van der Waals surface area contributed by atoms with Gasteiger partial charge in [0, 0.05) is 5.92 Å². The maximum absolute atomic E-state index is 12.3. The molecule has 114 valence electrons. The Bertz CT molecular complexity index is 518. The van der Waals surface area contributed by atoms with Gasteiger partial charge in [0.2, 0.25) is 5.91 Å². The molecule has 2 rings (SSSR count). The van der Waals surface area contributed by atoms with Crippen LogP contribution in [0.1, 0.15) is 24.0 Å². The number of aryl methyl sites for hydroxylation is 1. The fourth-order valence-electron chi connectivity index (χ4n) is 2.70. The number of carbonyl (C=O) groups excluding carboxylic acids is 1. The van der Waals surface area contributed by atoms with Crippen molar-refractivity contribution >= 4 is 23.6 Å². The molecule has 1 amide bonds. The van der Waals surface area contributed by atoms with Crippen molar-refractivity contribution < 1.29 is 14.7 Å². The van der Waals surface area contributed by atoms with Gasteiger partial charge in [-0.1, -0.05) is 24.3 Å². The van der Waals surface area contributed by atoms with Crippen LogP contribution in [0, 0.1) is 5.92 Å². The number of aliphatic carboxylic acids is 1. The van der Waals surface area contributed by atoms with Crippen molar-refractivity contribution in [2.24, 2.45) is 5.92 Å². The highest BCUT2D eigenvalue weighted by Gasteiger charge is 2.27. The minimum Gasteiger partial charge on any atom is -0.480 e. The number of hydrogen-bond donors (Lipinski definition) is 2. The van der Waals surface area contributed by atoms with Gasteiger partial charge in [0.05, 0.1) is 0 Å². The molecular formula is C16H21NO3S. The number of rotatable bonds is 6. The highest BCUT2D eigenvalue weighted by Crippen LogP contribution is 2.25. The Kier molecular flexibility index (Phi) is 5.67. The van der Waals surface area contributed by atoms with E-state index in [1.807, 2.05) is 18.4 Å². The fourth-order valence-corrected chi connectivity index (χ4v) is 3.18. The summed E-state index contributed by atoms with van der Waals surface area (Å²) in [7, 11) is 0. The van der Waals surface area contributed by atoms with Gasteiger partial charge >= 0.3 is 5.97 Å². The minimum absolute atomic E-state index is 0.115. The third-order valence-corrected chi connectivity index (χ3v) is 4.59. The largest absolute Gasteiger partial charge is 0.480 e. The molecule has 0 spiro atoms. The fraction of sp³-hybridized carbons (Fsp3) is 0.500. The summed E-state index contributed by atoms with van der Waals surface area (Å²) in [5, 5.41) is 11.9. The lowest BCUT2D eigenvalue weighted by Gasteiger charge is -2.25. The van der Waals surface area contributed by atoms with E-state index in [1.54, 1.807) is 11.8 Å². The monoisotopic (exact) mass is 307 g/mol. The van der Waals surface area contributed by atoms with Gasteiger partial charge < -0.3 is 10.4 Å². The smallest absolute Gasteiger partial charge is 0.326 e. The van der Waals surface area contributed by atoms with E-state index < -0.39 is 12.0 Å². The molecule has 2 atom stereocenters. The maximum atomic E-state index is 12.3. The topological polar surface area (TPSA) is 66.4 Å². The lowest BCUT2D eigenvalue weighted by molar-refractivity contribution is -0.142. The van der Waals surface area contributed by atoms with Crippen LogP contribution in [0.4, 0.5) is 0 Å². The number of nitrogens with one attached hydrogen (secondary N) is 1. The Morgan fingerprint density at radius 2 is 2.10 bits per heavy atom. The van der Waals surface area contributed by atoms with Crippen molar-refractivity contribution in [1.29, 1.82) is 0 Å². The second-order valence-electron chi connectivity index (χ2n) is 5.39. The quantitative estimate of drug-likeness (QED) is 0.845. The van der Waals surface area contributed by atoms with E-state index in [0.717, 1.165) is 18.6 Å². The molecule has 1 aromatic rings. The van der Waals surface area contributed by atoms with Gasteiger partial charge in [-0.2, -0.15) is 11.8 Å². The molecule has 1 aliphatic rings. The molecule has 1 aliphatic carbocycles. The summed E-state index contributed by atoms with van der Waals surface area (Å²) in [5.41, 5.74) is 2.51. The first-order valence-corrected chi connectivity index (χ1v) is 8.60. The van der Waals surface area contributed by atoms with Crippen LogP contribution in [0.25, 0.3) is 0 Å². The molecule has 0 aliphatic heterocycles. The van der Waals surface area contributed by atoms with E-state index in [0.29, 0.717) is 12.8 Å². The van der Waals surface area contributed by atoms with Crippen molar-refractivity contribution in [2.45, 2.75) is 31.7 Å². The zero-order chi connectivity index (χ0) is 15.2. The maximum Gasteiger partial charge on any atom is 0.326 e. The number of carboxylic acid groups (broad SMARTS) is 1. The number of fused-ring (bicyclic) bond motifs is 1. The standard InChI is InChI=1S/C16H21NO3S/c1-21-9-8-14(16(19)20)17-15(18)13-7-6-11-4-2-3-5-12(11)10-13/h2-5,13-14H,6-10H2,1H3,(H,17,18)(H,19,20). The summed E-state index contributed by atoms with van der Waals surface area (Å²) in [4.78, 5) is 23.5. The number of thioether (sulfide) groups is 1. The van der Waals surface area contributed by atoms with Crippen LogP contribution < -0.4 is 5.32 Å². The average molecular weight is 307 g/mol. The van der Waals surface area contributed by atoms with Crippen LogP contribution in [0.15, 0.2) is 24.3 Å². The van der Waals surface area contributed by atoms with Crippen LogP contribution in [0.2, 0.25) is 0 Å². The van der Waals surface area contributed by atoms with Crippen LogP contribution in [0.5, 0.6) is 0 Å². The summed E-state index contributed by atoms with van der Waals surface area (Å²) in [6.07, 6.45) is 4.77. The average Bonchev–Trinajstić information content (AvgIpc) is 2.50. The molecule has 0 aromatic heterocycles. The predicted molar refractivity (Wildman–Crippen MR) is 84.5 cm³/mol. The van der Waals surface area contributed by atoms with Crippen LogP contribution in [0.3, 0.4) is 0 Å².